The molecule has 0 unspecified atom stereocenters. The summed E-state index contributed by atoms with van der Waals surface area (Å²) in [4.78, 5) is 19.4. The molecule has 2 bridgehead atoms. The van der Waals surface area contributed by atoms with Gasteiger partial charge in [-0.1, -0.05) is 42.5 Å². The van der Waals surface area contributed by atoms with Crippen molar-refractivity contribution in [2.45, 2.75) is 75.8 Å². The zero-order valence-corrected chi connectivity index (χ0v) is 19.8. The number of carbonyl (C=O) groups excluding carboxylic acids is 1. The zero-order valence-electron chi connectivity index (χ0n) is 19.8. The minimum absolute atomic E-state index is 0.396. The van der Waals surface area contributed by atoms with Crippen LogP contribution in [-0.4, -0.2) is 45.2 Å². The van der Waals surface area contributed by atoms with Gasteiger partial charge in [-0.15, -0.1) is 0 Å². The minimum Gasteiger partial charge on any atom is -0.349 e. The van der Waals surface area contributed by atoms with Crippen molar-refractivity contribution in [3.8, 4) is 0 Å². The number of rotatable bonds is 7. The van der Waals surface area contributed by atoms with E-state index in [1.807, 2.05) is 36.4 Å². The van der Waals surface area contributed by atoms with Gasteiger partial charge in [0, 0.05) is 24.7 Å². The third-order valence-corrected chi connectivity index (χ3v) is 7.57. The lowest BCUT2D eigenvalue weighted by Crippen LogP contribution is -2.45. The number of hydrogen-bond acceptors (Lipinski definition) is 3. The molecule has 2 aliphatic heterocycles. The predicted octanol–water partition coefficient (Wildman–Crippen LogP) is 5.71. The van der Waals surface area contributed by atoms with Crippen LogP contribution >= 0.6 is 0 Å². The smallest absolute Gasteiger partial charge is 0.349 e. The van der Waals surface area contributed by atoms with Crippen LogP contribution in [0.5, 0.6) is 0 Å². The molecule has 2 aliphatic rings. The molecule has 2 fully saturated rings. The highest BCUT2D eigenvalue weighted by Gasteiger charge is 2.42. The fourth-order valence-corrected chi connectivity index (χ4v) is 6.16. The van der Waals surface area contributed by atoms with E-state index < -0.39 is 24.5 Å². The Morgan fingerprint density at radius 1 is 1.03 bits per heavy atom. The molecule has 5 rings (SSSR count). The van der Waals surface area contributed by atoms with Gasteiger partial charge in [0.2, 0.25) is 5.91 Å². The van der Waals surface area contributed by atoms with E-state index in [1.54, 1.807) is 0 Å². The number of fused-ring (bicyclic) bond motifs is 3. The van der Waals surface area contributed by atoms with Crippen LogP contribution in [-0.2, 0) is 4.79 Å². The number of hydrogen-bond donors (Lipinski definition) is 1. The maximum Gasteiger partial charge on any atom is 0.397 e. The molecule has 2 saturated heterocycles. The number of para-hydroxylation sites is 2. The number of alkyl halides is 3. The lowest BCUT2D eigenvalue weighted by Gasteiger charge is -2.40. The Hall–Kier alpha value is -2.87. The summed E-state index contributed by atoms with van der Waals surface area (Å²) in [6, 6.07) is 18.4. The first-order chi connectivity index (χ1) is 16.8. The van der Waals surface area contributed by atoms with Crippen molar-refractivity contribution in [1.82, 2.24) is 19.8 Å². The fourth-order valence-electron chi connectivity index (χ4n) is 6.16. The first-order valence-electron chi connectivity index (χ1n) is 12.4. The van der Waals surface area contributed by atoms with Crippen molar-refractivity contribution in [2.24, 2.45) is 0 Å². The number of amides is 1. The molecule has 0 spiro atoms. The molecule has 186 valence electrons. The van der Waals surface area contributed by atoms with Gasteiger partial charge in [0.25, 0.3) is 0 Å². The Balaban J connectivity index is 1.28. The van der Waals surface area contributed by atoms with E-state index in [0.717, 1.165) is 49.1 Å². The van der Waals surface area contributed by atoms with Crippen molar-refractivity contribution in [1.29, 1.82) is 0 Å². The van der Waals surface area contributed by atoms with Crippen molar-refractivity contribution in [2.75, 3.05) is 6.54 Å². The topological polar surface area (TPSA) is 50.2 Å². The first-order valence-corrected chi connectivity index (χ1v) is 12.4. The molecule has 2 aromatic carbocycles. The monoisotopic (exact) mass is 484 g/mol. The van der Waals surface area contributed by atoms with Crippen LogP contribution < -0.4 is 5.32 Å². The number of aromatic nitrogens is 2. The summed E-state index contributed by atoms with van der Waals surface area (Å²) in [5.41, 5.74) is 3.05. The van der Waals surface area contributed by atoms with Gasteiger partial charge in [-0.3, -0.25) is 9.69 Å². The Labute approximate surface area is 203 Å². The molecular formula is C27H31F3N4O. The highest BCUT2D eigenvalue weighted by atomic mass is 19.4. The van der Waals surface area contributed by atoms with Gasteiger partial charge in [0.05, 0.1) is 17.1 Å². The molecule has 1 N–H and O–H groups in total. The standard InChI is InChI=1S/C27H31F3N4O/c1-18-31-24-9-5-6-10-25(24)34(18)22-15-20-11-12-21(16-22)33(20)14-13-23(19-7-3-2-4-8-19)32-26(35)17-27(28,29)30/h2-10,20-23H,11-17H2,1H3,(H,32,35)/t20-,21+,22-,23-/m0/s1. The predicted molar refractivity (Wildman–Crippen MR) is 129 cm³/mol. The van der Waals surface area contributed by atoms with Gasteiger partial charge in [-0.05, 0) is 56.7 Å². The summed E-state index contributed by atoms with van der Waals surface area (Å²) in [6.07, 6.45) is -1.06. The number of benzene rings is 2. The van der Waals surface area contributed by atoms with Gasteiger partial charge >= 0.3 is 6.18 Å². The third kappa shape index (κ3) is 5.22. The Morgan fingerprint density at radius 2 is 1.69 bits per heavy atom. The summed E-state index contributed by atoms with van der Waals surface area (Å²) in [7, 11) is 0. The molecule has 0 aliphatic carbocycles. The van der Waals surface area contributed by atoms with E-state index in [-0.39, 0.29) is 0 Å². The largest absolute Gasteiger partial charge is 0.397 e. The summed E-state index contributed by atoms with van der Waals surface area (Å²) in [5.74, 6) is 0.0658. The van der Waals surface area contributed by atoms with Crippen molar-refractivity contribution in [3.63, 3.8) is 0 Å². The Bertz CT molecular complexity index is 1160. The van der Waals surface area contributed by atoms with Gasteiger partial charge in [-0.2, -0.15) is 13.2 Å². The van der Waals surface area contributed by atoms with Gasteiger partial charge in [0.1, 0.15) is 12.2 Å². The van der Waals surface area contributed by atoms with E-state index in [0.29, 0.717) is 24.5 Å². The SMILES string of the molecule is Cc1nc2ccccc2n1[C@@H]1C[C@H]2CC[C@@H](C1)N2CC[C@H](NC(=O)CC(F)(F)F)c1ccccc1. The van der Waals surface area contributed by atoms with Crippen LogP contribution in [0.15, 0.2) is 54.6 Å². The molecule has 3 heterocycles. The van der Waals surface area contributed by atoms with Crippen molar-refractivity contribution >= 4 is 16.9 Å². The summed E-state index contributed by atoms with van der Waals surface area (Å²) in [6.45, 7) is 2.82. The lowest BCUT2D eigenvalue weighted by atomic mass is 9.95. The second-order valence-corrected chi connectivity index (χ2v) is 9.88. The molecule has 4 atom stereocenters. The van der Waals surface area contributed by atoms with E-state index in [4.69, 9.17) is 4.98 Å². The highest BCUT2D eigenvalue weighted by Crippen LogP contribution is 2.42. The Morgan fingerprint density at radius 3 is 2.37 bits per heavy atom. The normalized spacial score (nSPS) is 23.5. The number of nitrogens with zero attached hydrogens (tertiary/aromatic N) is 3. The van der Waals surface area contributed by atoms with Gasteiger partial charge in [-0.25, -0.2) is 4.98 Å². The third-order valence-electron chi connectivity index (χ3n) is 7.57. The van der Waals surface area contributed by atoms with Crippen LogP contribution in [0.25, 0.3) is 11.0 Å². The maximum atomic E-state index is 12.7. The molecule has 8 heteroatoms. The minimum atomic E-state index is -4.51. The zero-order chi connectivity index (χ0) is 24.6. The number of imidazole rings is 1. The number of piperidine rings is 1. The van der Waals surface area contributed by atoms with Crippen LogP contribution in [0.4, 0.5) is 13.2 Å². The van der Waals surface area contributed by atoms with Crippen molar-refractivity contribution in [3.05, 3.63) is 66.0 Å². The number of aryl methyl sites for hydroxylation is 1. The molecule has 1 aromatic heterocycles. The van der Waals surface area contributed by atoms with Crippen LogP contribution in [0.1, 0.15) is 62.0 Å². The number of carbonyl (C=O) groups is 1. The molecule has 0 radical (unpaired) electrons. The van der Waals surface area contributed by atoms with E-state index in [2.05, 4.69) is 39.9 Å². The van der Waals surface area contributed by atoms with Gasteiger partial charge < -0.3 is 9.88 Å². The second kappa shape index (κ2) is 9.64. The molecule has 1 amide bonds. The van der Waals surface area contributed by atoms with Crippen LogP contribution in [0.3, 0.4) is 0 Å². The molecule has 5 nitrogen and oxygen atoms in total. The van der Waals surface area contributed by atoms with E-state index in [9.17, 15) is 18.0 Å². The van der Waals surface area contributed by atoms with Crippen LogP contribution in [0.2, 0.25) is 0 Å². The average Bonchev–Trinajstić information content (AvgIpc) is 3.26. The highest BCUT2D eigenvalue weighted by molar-refractivity contribution is 5.77. The first kappa shape index (κ1) is 23.9. The average molecular weight is 485 g/mol. The summed E-state index contributed by atoms with van der Waals surface area (Å²) >= 11 is 0. The van der Waals surface area contributed by atoms with E-state index >= 15 is 0 Å². The summed E-state index contributed by atoms with van der Waals surface area (Å²) < 4.78 is 40.6. The number of nitrogens with one attached hydrogen (secondary N) is 1. The quantitative estimate of drug-likeness (QED) is 0.467. The lowest BCUT2D eigenvalue weighted by molar-refractivity contribution is -0.154. The summed E-state index contributed by atoms with van der Waals surface area (Å²) in [5, 5.41) is 2.64. The fraction of sp³-hybridized carbons (Fsp3) is 0.481. The maximum absolute atomic E-state index is 12.7. The van der Waals surface area contributed by atoms with Crippen LogP contribution in [0, 0.1) is 6.92 Å². The molecule has 35 heavy (non-hydrogen) atoms. The van der Waals surface area contributed by atoms with Crippen molar-refractivity contribution < 1.29 is 18.0 Å². The molecular weight excluding hydrogens is 453 g/mol. The Kier molecular flexibility index (Phi) is 6.57. The van der Waals surface area contributed by atoms with Gasteiger partial charge in [0.15, 0.2) is 0 Å². The number of halogens is 3. The molecule has 0 saturated carbocycles. The second-order valence-electron chi connectivity index (χ2n) is 9.88. The van der Waals surface area contributed by atoms with E-state index in [1.165, 1.54) is 5.52 Å². The molecule has 3 aromatic rings.